The van der Waals surface area contributed by atoms with E-state index in [1.54, 1.807) is 0 Å². The molecule has 0 aromatic carbocycles. The van der Waals surface area contributed by atoms with Crippen LogP contribution in [-0.2, 0) is 9.59 Å². The van der Waals surface area contributed by atoms with Gasteiger partial charge in [-0.05, 0) is 25.2 Å². The Labute approximate surface area is 96.2 Å². The molecule has 3 atom stereocenters. The van der Waals surface area contributed by atoms with Gasteiger partial charge in [0.2, 0.25) is 11.8 Å². The number of rotatable bonds is 2. The van der Waals surface area contributed by atoms with Crippen molar-refractivity contribution < 1.29 is 9.59 Å². The van der Waals surface area contributed by atoms with Gasteiger partial charge in [-0.2, -0.15) is 0 Å². The summed E-state index contributed by atoms with van der Waals surface area (Å²) in [5, 5.41) is 0. The molecular formula is C13H17NO2. The molecule has 0 aromatic heterocycles. The van der Waals surface area contributed by atoms with Crippen LogP contribution < -0.4 is 0 Å². The molecule has 3 heteroatoms. The minimum absolute atomic E-state index is 0.0378. The maximum absolute atomic E-state index is 12.1. The average Bonchev–Trinajstić information content (AvgIpc) is 2.74. The smallest absolute Gasteiger partial charge is 0.234 e. The van der Waals surface area contributed by atoms with Crippen LogP contribution in [0.15, 0.2) is 0 Å². The van der Waals surface area contributed by atoms with Crippen LogP contribution in [0.1, 0.15) is 33.1 Å². The summed E-state index contributed by atoms with van der Waals surface area (Å²) >= 11 is 0. The Balaban J connectivity index is 2.24. The zero-order chi connectivity index (χ0) is 11.9. The van der Waals surface area contributed by atoms with Gasteiger partial charge in [-0.15, -0.1) is 6.42 Å². The summed E-state index contributed by atoms with van der Waals surface area (Å²) in [5.41, 5.74) is 0. The van der Waals surface area contributed by atoms with Crippen LogP contribution in [-0.4, -0.2) is 22.8 Å². The van der Waals surface area contributed by atoms with Crippen molar-refractivity contribution in [2.24, 2.45) is 17.8 Å². The molecular weight excluding hydrogens is 202 g/mol. The highest BCUT2D eigenvalue weighted by atomic mass is 16.2. The highest BCUT2D eigenvalue weighted by molar-refractivity contribution is 6.06. The molecule has 1 aliphatic carbocycles. The lowest BCUT2D eigenvalue weighted by Gasteiger charge is -2.22. The lowest BCUT2D eigenvalue weighted by molar-refractivity contribution is -0.142. The number of amides is 2. The van der Waals surface area contributed by atoms with E-state index >= 15 is 0 Å². The van der Waals surface area contributed by atoms with Crippen molar-refractivity contribution in [3.05, 3.63) is 0 Å². The monoisotopic (exact) mass is 219 g/mol. The van der Waals surface area contributed by atoms with Crippen LogP contribution in [0.3, 0.4) is 0 Å². The molecule has 2 fully saturated rings. The first kappa shape index (κ1) is 11.2. The molecule has 0 radical (unpaired) electrons. The third kappa shape index (κ3) is 1.44. The number of carbonyl (C=O) groups is 2. The van der Waals surface area contributed by atoms with Crippen LogP contribution in [0.5, 0.6) is 0 Å². The number of carbonyl (C=O) groups excluding carboxylic acids is 2. The fraction of sp³-hybridized carbons (Fsp3) is 0.692. The number of nitrogens with zero attached hydrogens (tertiary/aromatic N) is 1. The van der Waals surface area contributed by atoms with Gasteiger partial charge in [0.15, 0.2) is 0 Å². The molecule has 1 saturated carbocycles. The number of imide groups is 1. The van der Waals surface area contributed by atoms with Crippen molar-refractivity contribution in [3.8, 4) is 12.3 Å². The normalized spacial score (nSPS) is 35.1. The quantitative estimate of drug-likeness (QED) is 0.520. The van der Waals surface area contributed by atoms with Crippen molar-refractivity contribution in [1.29, 1.82) is 0 Å². The van der Waals surface area contributed by atoms with Crippen molar-refractivity contribution in [2.45, 2.75) is 39.2 Å². The van der Waals surface area contributed by atoms with Crippen molar-refractivity contribution in [3.63, 3.8) is 0 Å². The Hall–Kier alpha value is -1.30. The molecule has 0 aromatic rings. The van der Waals surface area contributed by atoms with E-state index in [2.05, 4.69) is 12.8 Å². The Morgan fingerprint density at radius 2 is 1.88 bits per heavy atom. The summed E-state index contributed by atoms with van der Waals surface area (Å²) in [7, 11) is 0. The molecule has 0 bridgehead atoms. The van der Waals surface area contributed by atoms with Crippen LogP contribution in [0.2, 0.25) is 0 Å². The Bertz CT molecular complexity index is 345. The largest absolute Gasteiger partial charge is 0.274 e. The highest BCUT2D eigenvalue weighted by Gasteiger charge is 2.53. The van der Waals surface area contributed by atoms with Crippen molar-refractivity contribution >= 4 is 11.8 Å². The van der Waals surface area contributed by atoms with Gasteiger partial charge in [0.05, 0.1) is 11.8 Å². The van der Waals surface area contributed by atoms with Crippen molar-refractivity contribution in [2.75, 3.05) is 0 Å². The Morgan fingerprint density at radius 3 is 2.25 bits per heavy atom. The van der Waals surface area contributed by atoms with Crippen LogP contribution >= 0.6 is 0 Å². The standard InChI is InChI=1S/C13H17NO2/c1-4-9(5-2)14-12(15)10-6-8(3)7-11(10)13(14)16/h1,8-11H,5-7H2,2-3H3. The fourth-order valence-electron chi connectivity index (χ4n) is 2.99. The van der Waals surface area contributed by atoms with Crippen LogP contribution in [0.25, 0.3) is 0 Å². The Kier molecular flexibility index (Phi) is 2.75. The molecule has 0 spiro atoms. The molecule has 0 N–H and O–H groups in total. The van der Waals surface area contributed by atoms with E-state index in [1.807, 2.05) is 6.92 Å². The predicted molar refractivity (Wildman–Crippen MR) is 60.1 cm³/mol. The average molecular weight is 219 g/mol. The number of terminal acetylenes is 1. The first-order valence-electron chi connectivity index (χ1n) is 5.93. The second kappa shape index (κ2) is 3.93. The zero-order valence-corrected chi connectivity index (χ0v) is 9.77. The van der Waals surface area contributed by atoms with Gasteiger partial charge >= 0.3 is 0 Å². The van der Waals surface area contributed by atoms with Gasteiger partial charge < -0.3 is 0 Å². The second-order valence-corrected chi connectivity index (χ2v) is 4.93. The molecule has 16 heavy (non-hydrogen) atoms. The van der Waals surface area contributed by atoms with E-state index in [1.165, 1.54) is 4.90 Å². The van der Waals surface area contributed by atoms with Gasteiger partial charge in [-0.25, -0.2) is 0 Å². The summed E-state index contributed by atoms with van der Waals surface area (Å²) in [4.78, 5) is 25.6. The third-order valence-electron chi connectivity index (χ3n) is 3.80. The van der Waals surface area contributed by atoms with E-state index in [4.69, 9.17) is 6.42 Å². The molecule has 2 rings (SSSR count). The summed E-state index contributed by atoms with van der Waals surface area (Å²) < 4.78 is 0. The zero-order valence-electron chi connectivity index (χ0n) is 9.77. The fourth-order valence-corrected chi connectivity index (χ4v) is 2.99. The predicted octanol–water partition coefficient (Wildman–Crippen LogP) is 1.43. The van der Waals surface area contributed by atoms with Gasteiger partial charge in [0.25, 0.3) is 0 Å². The van der Waals surface area contributed by atoms with E-state index in [-0.39, 0.29) is 29.7 Å². The molecule has 2 aliphatic rings. The lowest BCUT2D eigenvalue weighted by Crippen LogP contribution is -2.40. The minimum atomic E-state index is -0.346. The molecule has 1 heterocycles. The van der Waals surface area contributed by atoms with E-state index in [0.717, 1.165) is 12.8 Å². The maximum Gasteiger partial charge on any atom is 0.234 e. The number of likely N-dealkylation sites (tertiary alicyclic amines) is 1. The van der Waals surface area contributed by atoms with E-state index in [0.29, 0.717) is 12.3 Å². The highest BCUT2D eigenvalue weighted by Crippen LogP contribution is 2.43. The first-order valence-corrected chi connectivity index (χ1v) is 5.93. The molecule has 1 aliphatic heterocycles. The van der Waals surface area contributed by atoms with Gasteiger partial charge in [0.1, 0.15) is 6.04 Å². The molecule has 2 amide bonds. The van der Waals surface area contributed by atoms with E-state index in [9.17, 15) is 9.59 Å². The summed E-state index contributed by atoms with van der Waals surface area (Å²) in [6, 6.07) is -0.346. The second-order valence-electron chi connectivity index (χ2n) is 4.93. The van der Waals surface area contributed by atoms with E-state index < -0.39 is 0 Å². The summed E-state index contributed by atoms with van der Waals surface area (Å²) in [6.45, 7) is 4.00. The van der Waals surface area contributed by atoms with Gasteiger partial charge in [-0.1, -0.05) is 19.8 Å². The maximum atomic E-state index is 12.1. The molecule has 3 unspecified atom stereocenters. The summed E-state index contributed by atoms with van der Waals surface area (Å²) in [5.74, 6) is 2.76. The number of hydrogen-bond donors (Lipinski definition) is 0. The number of fused-ring (bicyclic) bond motifs is 1. The molecule has 1 saturated heterocycles. The number of hydrogen-bond acceptors (Lipinski definition) is 2. The minimum Gasteiger partial charge on any atom is -0.274 e. The topological polar surface area (TPSA) is 37.4 Å². The Morgan fingerprint density at radius 1 is 1.38 bits per heavy atom. The van der Waals surface area contributed by atoms with Gasteiger partial charge in [0, 0.05) is 0 Å². The van der Waals surface area contributed by atoms with Crippen LogP contribution in [0, 0.1) is 30.1 Å². The first-order chi connectivity index (χ1) is 7.60. The third-order valence-corrected chi connectivity index (χ3v) is 3.80. The van der Waals surface area contributed by atoms with Crippen LogP contribution in [0.4, 0.5) is 0 Å². The van der Waals surface area contributed by atoms with Crippen molar-refractivity contribution in [1.82, 2.24) is 4.90 Å². The SMILES string of the molecule is C#CC(CC)N1C(=O)C2CC(C)CC2C1=O. The molecule has 86 valence electrons. The molecule has 3 nitrogen and oxygen atoms in total. The summed E-state index contributed by atoms with van der Waals surface area (Å²) in [6.07, 6.45) is 7.69. The van der Waals surface area contributed by atoms with Gasteiger partial charge in [-0.3, -0.25) is 14.5 Å². The lowest BCUT2D eigenvalue weighted by atomic mass is 10.00.